The second-order valence-corrected chi connectivity index (χ2v) is 3.75. The zero-order valence-corrected chi connectivity index (χ0v) is 8.71. The molecule has 5 heteroatoms. The highest BCUT2D eigenvalue weighted by Gasteiger charge is 2.51. The first-order valence-corrected chi connectivity index (χ1v) is 5.08. The van der Waals surface area contributed by atoms with E-state index in [0.29, 0.717) is 0 Å². The van der Waals surface area contributed by atoms with E-state index in [9.17, 15) is 15.3 Å². The Morgan fingerprint density at radius 1 is 1.33 bits per heavy atom. The number of hydrogen-bond donors (Lipinski definition) is 4. The van der Waals surface area contributed by atoms with E-state index in [1.54, 1.807) is 6.08 Å². The fourth-order valence-corrected chi connectivity index (χ4v) is 1.58. The van der Waals surface area contributed by atoms with Gasteiger partial charge in [0.15, 0.2) is 6.29 Å². The average Bonchev–Trinajstić information content (AvgIpc) is 2.44. The van der Waals surface area contributed by atoms with Crippen molar-refractivity contribution in [3.8, 4) is 0 Å². The Hall–Kier alpha value is -0.460. The molecule has 1 unspecified atom stereocenters. The summed E-state index contributed by atoms with van der Waals surface area (Å²) in [5.41, 5.74) is -1.38. The van der Waals surface area contributed by atoms with Crippen LogP contribution in [0.3, 0.4) is 0 Å². The van der Waals surface area contributed by atoms with E-state index >= 15 is 0 Å². The average molecular weight is 218 g/mol. The third kappa shape index (κ3) is 2.38. The van der Waals surface area contributed by atoms with Crippen LogP contribution in [-0.2, 0) is 4.74 Å². The van der Waals surface area contributed by atoms with Crippen LogP contribution < -0.4 is 0 Å². The van der Waals surface area contributed by atoms with E-state index in [0.717, 1.165) is 12.8 Å². The lowest BCUT2D eigenvalue weighted by Crippen LogP contribution is -2.44. The highest BCUT2D eigenvalue weighted by atomic mass is 16.7. The molecule has 1 heterocycles. The fraction of sp³-hybridized carbons (Fsp3) is 0.800. The minimum absolute atomic E-state index is 0.484. The highest BCUT2D eigenvalue weighted by molar-refractivity contribution is 5.12. The van der Waals surface area contributed by atoms with E-state index in [2.05, 4.69) is 0 Å². The second kappa shape index (κ2) is 5.05. The summed E-state index contributed by atoms with van der Waals surface area (Å²) in [6.45, 7) is 1.51. The minimum Gasteiger partial charge on any atom is -0.393 e. The second-order valence-electron chi connectivity index (χ2n) is 3.75. The third-order valence-corrected chi connectivity index (χ3v) is 2.56. The SMILES string of the molecule is CCC/C=C/[C@@]1(CO)OC(O)[C@@H](O)[C@@H]1O. The molecular weight excluding hydrogens is 200 g/mol. The molecule has 1 saturated heterocycles. The van der Waals surface area contributed by atoms with Gasteiger partial charge >= 0.3 is 0 Å². The van der Waals surface area contributed by atoms with Gasteiger partial charge < -0.3 is 25.2 Å². The lowest BCUT2D eigenvalue weighted by molar-refractivity contribution is -0.156. The smallest absolute Gasteiger partial charge is 0.184 e. The van der Waals surface area contributed by atoms with Gasteiger partial charge in [0.05, 0.1) is 6.61 Å². The topological polar surface area (TPSA) is 90.2 Å². The van der Waals surface area contributed by atoms with Gasteiger partial charge in [0.2, 0.25) is 0 Å². The normalized spacial score (nSPS) is 41.5. The lowest BCUT2D eigenvalue weighted by Gasteiger charge is -2.25. The van der Waals surface area contributed by atoms with E-state index < -0.39 is 30.7 Å². The summed E-state index contributed by atoms with van der Waals surface area (Å²) in [4.78, 5) is 0. The number of hydrogen-bond acceptors (Lipinski definition) is 5. The molecule has 0 saturated carbocycles. The Kier molecular flexibility index (Phi) is 4.24. The quantitative estimate of drug-likeness (QED) is 0.461. The summed E-state index contributed by atoms with van der Waals surface area (Å²) in [6.07, 6.45) is 0.807. The molecule has 4 atom stereocenters. The van der Waals surface area contributed by atoms with Gasteiger partial charge in [-0.05, 0) is 6.42 Å². The van der Waals surface area contributed by atoms with Crippen LogP contribution in [0.15, 0.2) is 12.2 Å². The summed E-state index contributed by atoms with van der Waals surface area (Å²) >= 11 is 0. The van der Waals surface area contributed by atoms with Crippen molar-refractivity contribution < 1.29 is 25.2 Å². The molecule has 4 N–H and O–H groups in total. The van der Waals surface area contributed by atoms with Crippen LogP contribution in [0.25, 0.3) is 0 Å². The molecule has 88 valence electrons. The van der Waals surface area contributed by atoms with Gasteiger partial charge in [-0.25, -0.2) is 0 Å². The first-order chi connectivity index (χ1) is 7.07. The van der Waals surface area contributed by atoms with E-state index in [-0.39, 0.29) is 0 Å². The maximum absolute atomic E-state index is 9.63. The molecule has 0 aromatic rings. The fourth-order valence-electron chi connectivity index (χ4n) is 1.58. The number of aliphatic hydroxyl groups is 4. The predicted molar refractivity (Wildman–Crippen MR) is 53.0 cm³/mol. The van der Waals surface area contributed by atoms with Gasteiger partial charge in [-0.15, -0.1) is 0 Å². The van der Waals surface area contributed by atoms with Gasteiger partial charge in [0, 0.05) is 0 Å². The zero-order chi connectivity index (χ0) is 11.5. The maximum Gasteiger partial charge on any atom is 0.184 e. The molecule has 0 bridgehead atoms. The van der Waals surface area contributed by atoms with Gasteiger partial charge in [-0.3, -0.25) is 0 Å². The Morgan fingerprint density at radius 3 is 2.40 bits per heavy atom. The van der Waals surface area contributed by atoms with Gasteiger partial charge in [-0.2, -0.15) is 0 Å². The molecular formula is C10H18O5. The summed E-state index contributed by atoms with van der Waals surface area (Å²) < 4.78 is 4.99. The Bertz CT molecular complexity index is 230. The summed E-state index contributed by atoms with van der Waals surface area (Å²) in [5, 5.41) is 37.3. The van der Waals surface area contributed by atoms with Crippen molar-refractivity contribution in [1.82, 2.24) is 0 Å². The number of aliphatic hydroxyl groups excluding tert-OH is 4. The number of allylic oxidation sites excluding steroid dienone is 1. The maximum atomic E-state index is 9.63. The Balaban J connectivity index is 2.77. The van der Waals surface area contributed by atoms with Crippen molar-refractivity contribution in [1.29, 1.82) is 0 Å². The molecule has 1 fully saturated rings. The van der Waals surface area contributed by atoms with Crippen LogP contribution in [0.2, 0.25) is 0 Å². The lowest BCUT2D eigenvalue weighted by atomic mass is 9.95. The Labute approximate surface area is 88.6 Å². The third-order valence-electron chi connectivity index (χ3n) is 2.56. The predicted octanol–water partition coefficient (Wildman–Crippen LogP) is -0.856. The molecule has 5 nitrogen and oxygen atoms in total. The molecule has 0 amide bonds. The minimum atomic E-state index is -1.46. The standard InChI is InChI=1S/C10H18O5/c1-2-3-4-5-10(6-11)8(13)7(12)9(14)15-10/h4-5,7-9,11-14H,2-3,6H2,1H3/b5-4+/t7-,8-,9?,10-/m0/s1. The molecule has 1 rings (SSSR count). The van der Waals surface area contributed by atoms with Crippen molar-refractivity contribution in [2.75, 3.05) is 6.61 Å². The zero-order valence-electron chi connectivity index (χ0n) is 8.71. The van der Waals surface area contributed by atoms with Crippen LogP contribution in [0.1, 0.15) is 19.8 Å². The van der Waals surface area contributed by atoms with Gasteiger partial charge in [0.25, 0.3) is 0 Å². The van der Waals surface area contributed by atoms with Crippen molar-refractivity contribution in [3.05, 3.63) is 12.2 Å². The summed E-state index contributed by atoms with van der Waals surface area (Å²) in [5.74, 6) is 0. The number of rotatable bonds is 4. The molecule has 0 aromatic carbocycles. The van der Waals surface area contributed by atoms with Crippen molar-refractivity contribution in [2.24, 2.45) is 0 Å². The Morgan fingerprint density at radius 2 is 2.00 bits per heavy atom. The summed E-state index contributed by atoms with van der Waals surface area (Å²) in [7, 11) is 0. The summed E-state index contributed by atoms with van der Waals surface area (Å²) in [6, 6.07) is 0. The van der Waals surface area contributed by atoms with Crippen LogP contribution in [0, 0.1) is 0 Å². The molecule has 0 aliphatic carbocycles. The van der Waals surface area contributed by atoms with Crippen molar-refractivity contribution >= 4 is 0 Å². The van der Waals surface area contributed by atoms with E-state index in [4.69, 9.17) is 9.84 Å². The van der Waals surface area contributed by atoms with Crippen LogP contribution >= 0.6 is 0 Å². The first kappa shape index (κ1) is 12.6. The molecule has 1 aliphatic rings. The van der Waals surface area contributed by atoms with E-state index in [1.807, 2.05) is 6.92 Å². The molecule has 0 spiro atoms. The first-order valence-electron chi connectivity index (χ1n) is 5.08. The number of ether oxygens (including phenoxy) is 1. The van der Waals surface area contributed by atoms with Crippen LogP contribution in [0.5, 0.6) is 0 Å². The monoisotopic (exact) mass is 218 g/mol. The molecule has 15 heavy (non-hydrogen) atoms. The molecule has 0 aromatic heterocycles. The largest absolute Gasteiger partial charge is 0.393 e. The van der Waals surface area contributed by atoms with E-state index in [1.165, 1.54) is 6.08 Å². The van der Waals surface area contributed by atoms with Gasteiger partial charge in [-0.1, -0.05) is 25.5 Å². The van der Waals surface area contributed by atoms with Crippen molar-refractivity contribution in [2.45, 2.75) is 43.9 Å². The molecule has 0 radical (unpaired) electrons. The van der Waals surface area contributed by atoms with Crippen molar-refractivity contribution in [3.63, 3.8) is 0 Å². The molecule has 1 aliphatic heterocycles. The van der Waals surface area contributed by atoms with Crippen LogP contribution in [-0.4, -0.2) is 51.1 Å². The van der Waals surface area contributed by atoms with Crippen LogP contribution in [0.4, 0.5) is 0 Å². The number of unbranched alkanes of at least 4 members (excludes halogenated alkanes) is 1. The van der Waals surface area contributed by atoms with Gasteiger partial charge in [0.1, 0.15) is 17.8 Å². The highest BCUT2D eigenvalue weighted by Crippen LogP contribution is 2.31.